The number of hydrogen-bond acceptors (Lipinski definition) is 3. The van der Waals surface area contributed by atoms with Gasteiger partial charge in [-0.1, -0.05) is 30.7 Å². The van der Waals surface area contributed by atoms with Gasteiger partial charge in [-0.2, -0.15) is 0 Å². The molecule has 1 saturated carbocycles. The number of carbonyl (C=O) groups is 1. The summed E-state index contributed by atoms with van der Waals surface area (Å²) in [6.07, 6.45) is 4.05. The average molecular weight is 289 g/mol. The molecule has 21 heavy (non-hydrogen) atoms. The average Bonchev–Trinajstić information content (AvgIpc) is 2.83. The summed E-state index contributed by atoms with van der Waals surface area (Å²) in [7, 11) is 1.71. The molecule has 2 unspecified atom stereocenters. The molecule has 0 radical (unpaired) electrons. The van der Waals surface area contributed by atoms with E-state index in [1.807, 2.05) is 24.3 Å². The molecule has 1 fully saturated rings. The van der Waals surface area contributed by atoms with Crippen LogP contribution in [0.25, 0.3) is 0 Å². The van der Waals surface area contributed by atoms with E-state index in [1.165, 1.54) is 0 Å². The predicted molar refractivity (Wildman–Crippen MR) is 79.8 cm³/mol. The second-order valence-electron chi connectivity index (χ2n) is 6.18. The summed E-state index contributed by atoms with van der Waals surface area (Å²) in [6.45, 7) is 0. The highest BCUT2D eigenvalue weighted by atomic mass is 16.5. The number of nitrogens with one attached hydrogen (secondary N) is 1. The van der Waals surface area contributed by atoms with E-state index in [0.29, 0.717) is 6.42 Å². The van der Waals surface area contributed by atoms with E-state index in [9.17, 15) is 9.90 Å². The molecule has 0 heterocycles. The molecule has 1 aromatic carbocycles. The number of ether oxygens (including phenoxy) is 1. The van der Waals surface area contributed by atoms with Gasteiger partial charge in [0.1, 0.15) is 0 Å². The van der Waals surface area contributed by atoms with Crippen LogP contribution < -0.4 is 5.32 Å². The second-order valence-corrected chi connectivity index (χ2v) is 6.18. The van der Waals surface area contributed by atoms with Crippen LogP contribution in [0.2, 0.25) is 0 Å². The van der Waals surface area contributed by atoms with E-state index >= 15 is 0 Å². The van der Waals surface area contributed by atoms with Gasteiger partial charge in [-0.05, 0) is 30.4 Å². The van der Waals surface area contributed by atoms with E-state index < -0.39 is 6.10 Å². The molecular weight excluding hydrogens is 266 g/mol. The molecule has 4 nitrogen and oxygen atoms in total. The Hall–Kier alpha value is -1.39. The van der Waals surface area contributed by atoms with Crippen LogP contribution in [-0.2, 0) is 16.0 Å². The van der Waals surface area contributed by atoms with Crippen molar-refractivity contribution in [1.29, 1.82) is 0 Å². The highest BCUT2D eigenvalue weighted by Gasteiger charge is 2.34. The molecule has 1 amide bonds. The largest absolute Gasteiger partial charge is 0.390 e. The van der Waals surface area contributed by atoms with Crippen LogP contribution in [0.15, 0.2) is 24.3 Å². The topological polar surface area (TPSA) is 58.6 Å². The Balaban J connectivity index is 1.67. The molecule has 4 atom stereocenters. The number of hydrogen-bond donors (Lipinski definition) is 2. The summed E-state index contributed by atoms with van der Waals surface area (Å²) < 4.78 is 5.39. The first-order valence-electron chi connectivity index (χ1n) is 7.78. The molecule has 0 aromatic heterocycles. The zero-order valence-corrected chi connectivity index (χ0v) is 12.4. The maximum absolute atomic E-state index is 12.5. The summed E-state index contributed by atoms with van der Waals surface area (Å²) in [5.74, 6) is 0.0566. The minimum absolute atomic E-state index is 0.00339. The molecule has 114 valence electrons. The Kier molecular flexibility index (Phi) is 4.27. The number of methoxy groups -OCH3 is 1. The van der Waals surface area contributed by atoms with Crippen molar-refractivity contribution in [2.24, 2.45) is 5.92 Å². The van der Waals surface area contributed by atoms with Crippen LogP contribution in [0.5, 0.6) is 0 Å². The Morgan fingerprint density at radius 2 is 2.14 bits per heavy atom. The number of aliphatic hydroxyl groups is 1. The van der Waals surface area contributed by atoms with Crippen molar-refractivity contribution in [2.75, 3.05) is 7.11 Å². The van der Waals surface area contributed by atoms with Gasteiger partial charge in [-0.25, -0.2) is 0 Å². The monoisotopic (exact) mass is 289 g/mol. The molecule has 0 aliphatic heterocycles. The van der Waals surface area contributed by atoms with Crippen molar-refractivity contribution < 1.29 is 14.6 Å². The lowest BCUT2D eigenvalue weighted by Gasteiger charge is -2.29. The number of aliphatic hydroxyl groups excluding tert-OH is 1. The van der Waals surface area contributed by atoms with Crippen molar-refractivity contribution in [2.45, 2.75) is 50.4 Å². The van der Waals surface area contributed by atoms with Gasteiger partial charge >= 0.3 is 0 Å². The third-order valence-electron chi connectivity index (χ3n) is 4.83. The fourth-order valence-corrected chi connectivity index (χ4v) is 3.62. The molecule has 2 N–H and O–H groups in total. The van der Waals surface area contributed by atoms with Crippen LogP contribution in [0, 0.1) is 5.92 Å². The summed E-state index contributed by atoms with van der Waals surface area (Å²) in [5, 5.41) is 13.3. The van der Waals surface area contributed by atoms with Crippen LogP contribution in [0.3, 0.4) is 0 Å². The van der Waals surface area contributed by atoms with E-state index in [2.05, 4.69) is 5.32 Å². The lowest BCUT2D eigenvalue weighted by Crippen LogP contribution is -2.40. The van der Waals surface area contributed by atoms with Gasteiger partial charge in [-0.15, -0.1) is 0 Å². The van der Waals surface area contributed by atoms with E-state index in [1.54, 1.807) is 7.11 Å². The number of benzene rings is 1. The fraction of sp³-hybridized carbons (Fsp3) is 0.588. The maximum Gasteiger partial charge on any atom is 0.223 e. The van der Waals surface area contributed by atoms with Crippen molar-refractivity contribution in [1.82, 2.24) is 5.32 Å². The molecule has 1 aromatic rings. The summed E-state index contributed by atoms with van der Waals surface area (Å²) in [5.41, 5.74) is 2.19. The number of fused-ring (bicyclic) bond motifs is 1. The SMILES string of the molecule is COC1CCCC(C(=O)N[C@H]2c3ccccc3C[C@H]2O)C1. The molecule has 0 spiro atoms. The first-order chi connectivity index (χ1) is 10.2. The fourth-order valence-electron chi connectivity index (χ4n) is 3.62. The second kappa shape index (κ2) is 6.16. The molecule has 0 bridgehead atoms. The standard InChI is InChI=1S/C17H23NO3/c1-21-13-7-4-6-12(9-13)17(20)18-16-14-8-3-2-5-11(14)10-15(16)19/h2-3,5,8,12-13,15-16,19H,4,6-7,9-10H2,1H3,(H,18,20)/t12?,13?,15-,16+/m1/s1. The molecule has 3 rings (SSSR count). The molecule has 0 saturated heterocycles. The molecule has 2 aliphatic carbocycles. The van der Waals surface area contributed by atoms with Gasteiger partial charge in [0.05, 0.1) is 18.2 Å². The quantitative estimate of drug-likeness (QED) is 0.894. The van der Waals surface area contributed by atoms with Crippen LogP contribution >= 0.6 is 0 Å². The number of amides is 1. The van der Waals surface area contributed by atoms with Crippen molar-refractivity contribution in [3.63, 3.8) is 0 Å². The lowest BCUT2D eigenvalue weighted by molar-refractivity contribution is -0.129. The van der Waals surface area contributed by atoms with E-state index in [4.69, 9.17) is 4.74 Å². The van der Waals surface area contributed by atoms with Gasteiger partial charge in [0.25, 0.3) is 0 Å². The summed E-state index contributed by atoms with van der Waals surface area (Å²) in [4.78, 5) is 12.5. The molecule has 2 aliphatic rings. The van der Waals surface area contributed by atoms with Gasteiger partial charge in [-0.3, -0.25) is 4.79 Å². The first-order valence-corrected chi connectivity index (χ1v) is 7.78. The highest BCUT2D eigenvalue weighted by molar-refractivity contribution is 5.79. The van der Waals surface area contributed by atoms with Crippen molar-refractivity contribution in [3.8, 4) is 0 Å². The van der Waals surface area contributed by atoms with Crippen molar-refractivity contribution >= 4 is 5.91 Å². The van der Waals surface area contributed by atoms with Crippen LogP contribution in [0.4, 0.5) is 0 Å². The Morgan fingerprint density at radius 1 is 1.33 bits per heavy atom. The first kappa shape index (κ1) is 14.5. The molecule has 4 heteroatoms. The normalized spacial score (nSPS) is 31.7. The van der Waals surface area contributed by atoms with Gasteiger partial charge in [0.15, 0.2) is 0 Å². The Morgan fingerprint density at radius 3 is 2.95 bits per heavy atom. The van der Waals surface area contributed by atoms with Crippen LogP contribution in [-0.4, -0.2) is 30.3 Å². The van der Waals surface area contributed by atoms with Gasteiger partial charge in [0, 0.05) is 19.4 Å². The third-order valence-corrected chi connectivity index (χ3v) is 4.83. The smallest absolute Gasteiger partial charge is 0.223 e. The Labute approximate surface area is 125 Å². The van der Waals surface area contributed by atoms with Gasteiger partial charge in [0.2, 0.25) is 5.91 Å². The highest BCUT2D eigenvalue weighted by Crippen LogP contribution is 2.33. The zero-order valence-electron chi connectivity index (χ0n) is 12.4. The molecular formula is C17H23NO3. The minimum atomic E-state index is -0.520. The van der Waals surface area contributed by atoms with Crippen LogP contribution in [0.1, 0.15) is 42.9 Å². The predicted octanol–water partition coefficient (Wildman–Crippen LogP) is 1.97. The third kappa shape index (κ3) is 2.97. The number of carbonyl (C=O) groups excluding carboxylic acids is 1. The number of rotatable bonds is 3. The maximum atomic E-state index is 12.5. The Bertz CT molecular complexity index is 517. The van der Waals surface area contributed by atoms with Crippen molar-refractivity contribution in [3.05, 3.63) is 35.4 Å². The summed E-state index contributed by atoms with van der Waals surface area (Å²) >= 11 is 0. The summed E-state index contributed by atoms with van der Waals surface area (Å²) in [6, 6.07) is 7.68. The van der Waals surface area contributed by atoms with E-state index in [0.717, 1.165) is 36.8 Å². The lowest BCUT2D eigenvalue weighted by atomic mass is 9.86. The zero-order chi connectivity index (χ0) is 14.8. The minimum Gasteiger partial charge on any atom is -0.390 e. The van der Waals surface area contributed by atoms with Gasteiger partial charge < -0.3 is 15.2 Å². The van der Waals surface area contributed by atoms with E-state index in [-0.39, 0.29) is 24.0 Å².